The molecule has 11 heavy (non-hydrogen) atoms. The third-order valence-electron chi connectivity index (χ3n) is 1.28. The van der Waals surface area contributed by atoms with E-state index in [1.165, 1.54) is 14.2 Å². The molecule has 1 atom stereocenters. The first-order valence-corrected chi connectivity index (χ1v) is 7.10. The molecule has 0 nitrogen and oxygen atoms in total. The third kappa shape index (κ3) is 1.83. The zero-order valence-corrected chi connectivity index (χ0v) is 9.91. The minimum atomic E-state index is 0.757. The van der Waals surface area contributed by atoms with Gasteiger partial charge in [0.15, 0.2) is 0 Å². The molecule has 1 aliphatic rings. The zero-order valence-electron chi connectivity index (χ0n) is 5.83. The SMILES string of the molecule is CC1CSc2sc(=S)sc2S1. The van der Waals surface area contributed by atoms with Gasteiger partial charge >= 0.3 is 0 Å². The van der Waals surface area contributed by atoms with Gasteiger partial charge in [0.1, 0.15) is 3.14 Å². The van der Waals surface area contributed by atoms with Gasteiger partial charge in [0.2, 0.25) is 0 Å². The second kappa shape index (κ2) is 3.38. The molecule has 0 saturated heterocycles. The van der Waals surface area contributed by atoms with Crippen LogP contribution in [0.3, 0.4) is 0 Å². The van der Waals surface area contributed by atoms with Gasteiger partial charge in [0.05, 0.1) is 8.42 Å². The normalized spacial score (nSPS) is 23.2. The maximum Gasteiger partial charge on any atom is 0.145 e. The van der Waals surface area contributed by atoms with Gasteiger partial charge in [0.25, 0.3) is 0 Å². The molecule has 1 aliphatic heterocycles. The highest BCUT2D eigenvalue weighted by molar-refractivity contribution is 8.08. The molecule has 0 amide bonds. The number of hydrogen-bond acceptors (Lipinski definition) is 5. The van der Waals surface area contributed by atoms with Crippen LogP contribution < -0.4 is 0 Å². The van der Waals surface area contributed by atoms with Crippen LogP contribution in [0.15, 0.2) is 8.42 Å². The predicted molar refractivity (Wildman–Crippen MR) is 59.1 cm³/mol. The summed E-state index contributed by atoms with van der Waals surface area (Å²) in [6.45, 7) is 2.27. The Morgan fingerprint density at radius 2 is 2.09 bits per heavy atom. The standard InChI is InChI=1S/C6H6S5/c1-3-2-8-4-5(9-3)11-6(7)10-4/h3H,2H2,1H3. The van der Waals surface area contributed by atoms with Crippen LogP contribution in [0.5, 0.6) is 0 Å². The molecule has 0 N–H and O–H groups in total. The van der Waals surface area contributed by atoms with E-state index in [-0.39, 0.29) is 0 Å². The predicted octanol–water partition coefficient (Wildman–Crippen LogP) is 4.13. The van der Waals surface area contributed by atoms with Crippen molar-refractivity contribution >= 4 is 58.4 Å². The molecule has 2 heterocycles. The summed E-state index contributed by atoms with van der Waals surface area (Å²) >= 11 is 12.6. The zero-order chi connectivity index (χ0) is 7.84. The molecule has 0 aromatic carbocycles. The van der Waals surface area contributed by atoms with Gasteiger partial charge in [-0.25, -0.2) is 0 Å². The van der Waals surface area contributed by atoms with Gasteiger partial charge in [-0.3, -0.25) is 0 Å². The topological polar surface area (TPSA) is 0 Å². The summed E-state index contributed by atoms with van der Waals surface area (Å²) in [5, 5.41) is 0.757. The summed E-state index contributed by atoms with van der Waals surface area (Å²) < 4.78 is 3.97. The fraction of sp³-hybridized carbons (Fsp3) is 0.500. The van der Waals surface area contributed by atoms with Gasteiger partial charge in [-0.05, 0) is 0 Å². The average Bonchev–Trinajstić information content (AvgIpc) is 2.27. The fourth-order valence-corrected chi connectivity index (χ4v) is 7.30. The molecule has 5 heteroatoms. The summed E-state index contributed by atoms with van der Waals surface area (Å²) in [4.78, 5) is 0. The highest BCUT2D eigenvalue weighted by Gasteiger charge is 2.18. The van der Waals surface area contributed by atoms with E-state index in [2.05, 4.69) is 6.92 Å². The van der Waals surface area contributed by atoms with E-state index in [1.807, 2.05) is 23.5 Å². The number of fused-ring (bicyclic) bond motifs is 1. The van der Waals surface area contributed by atoms with Gasteiger partial charge in [-0.15, -0.1) is 46.2 Å². The lowest BCUT2D eigenvalue weighted by molar-refractivity contribution is 1.11. The molecule has 0 fully saturated rings. The molecule has 0 aliphatic carbocycles. The summed E-state index contributed by atoms with van der Waals surface area (Å²) in [5.74, 6) is 1.24. The van der Waals surface area contributed by atoms with Crippen LogP contribution in [0, 0.1) is 3.14 Å². The average molecular weight is 238 g/mol. The number of hydrogen-bond donors (Lipinski definition) is 0. The van der Waals surface area contributed by atoms with Gasteiger partial charge in [-0.2, -0.15) is 0 Å². The van der Waals surface area contributed by atoms with Crippen LogP contribution in [0.1, 0.15) is 6.92 Å². The minimum absolute atomic E-state index is 0.757. The summed E-state index contributed by atoms with van der Waals surface area (Å²) in [6, 6.07) is 0. The molecule has 0 radical (unpaired) electrons. The second-order valence-corrected chi connectivity index (χ2v) is 8.49. The van der Waals surface area contributed by atoms with Crippen LogP contribution in [-0.2, 0) is 0 Å². The highest BCUT2D eigenvalue weighted by atomic mass is 32.2. The molecule has 1 unspecified atom stereocenters. The van der Waals surface area contributed by atoms with E-state index in [0.717, 1.165) is 8.39 Å². The number of rotatable bonds is 0. The van der Waals surface area contributed by atoms with Crippen molar-refractivity contribution in [2.24, 2.45) is 0 Å². The van der Waals surface area contributed by atoms with Crippen molar-refractivity contribution < 1.29 is 0 Å². The molecular weight excluding hydrogens is 232 g/mol. The van der Waals surface area contributed by atoms with Crippen molar-refractivity contribution in [2.75, 3.05) is 5.75 Å². The molecule has 2 rings (SSSR count). The van der Waals surface area contributed by atoms with Crippen LogP contribution in [-0.4, -0.2) is 11.0 Å². The Bertz CT molecular complexity index is 309. The van der Waals surface area contributed by atoms with Gasteiger partial charge < -0.3 is 0 Å². The summed E-state index contributed by atoms with van der Waals surface area (Å²) in [6.07, 6.45) is 0. The van der Waals surface area contributed by atoms with Crippen molar-refractivity contribution in [1.82, 2.24) is 0 Å². The van der Waals surface area contributed by atoms with Crippen molar-refractivity contribution in [3.63, 3.8) is 0 Å². The third-order valence-corrected chi connectivity index (χ3v) is 7.38. The van der Waals surface area contributed by atoms with Crippen LogP contribution in [0.25, 0.3) is 0 Å². The highest BCUT2D eigenvalue weighted by Crippen LogP contribution is 2.47. The van der Waals surface area contributed by atoms with E-state index in [9.17, 15) is 0 Å². The molecule has 60 valence electrons. The fourth-order valence-electron chi connectivity index (χ4n) is 0.826. The first-order valence-electron chi connectivity index (χ1n) is 3.19. The summed E-state index contributed by atoms with van der Waals surface area (Å²) in [7, 11) is 0. The Labute approximate surface area is 87.4 Å². The Hall–Kier alpha value is 0.970. The molecule has 1 aromatic rings. The summed E-state index contributed by atoms with van der Waals surface area (Å²) in [5.41, 5.74) is 0. The van der Waals surface area contributed by atoms with E-state index in [4.69, 9.17) is 12.2 Å². The quantitative estimate of drug-likeness (QED) is 0.624. The van der Waals surface area contributed by atoms with E-state index >= 15 is 0 Å². The monoisotopic (exact) mass is 238 g/mol. The number of thioether (sulfide) groups is 2. The largest absolute Gasteiger partial charge is 0.145 e. The Kier molecular flexibility index (Phi) is 2.63. The Morgan fingerprint density at radius 1 is 1.36 bits per heavy atom. The van der Waals surface area contributed by atoms with Crippen molar-refractivity contribution in [3.05, 3.63) is 3.14 Å². The van der Waals surface area contributed by atoms with Crippen LogP contribution in [0.2, 0.25) is 0 Å². The van der Waals surface area contributed by atoms with E-state index in [0.29, 0.717) is 0 Å². The lowest BCUT2D eigenvalue weighted by Gasteiger charge is -2.14. The lowest BCUT2D eigenvalue weighted by atomic mass is 10.6. The van der Waals surface area contributed by atoms with Crippen LogP contribution >= 0.6 is 58.4 Å². The Balaban J connectivity index is 2.41. The molecular formula is C6H6S5. The first-order chi connectivity index (χ1) is 5.25. The van der Waals surface area contributed by atoms with Gasteiger partial charge in [-0.1, -0.05) is 19.1 Å². The van der Waals surface area contributed by atoms with Crippen molar-refractivity contribution in [1.29, 1.82) is 0 Å². The van der Waals surface area contributed by atoms with Crippen molar-refractivity contribution in [2.45, 2.75) is 20.6 Å². The lowest BCUT2D eigenvalue weighted by Crippen LogP contribution is -2.02. The maximum absolute atomic E-state index is 5.13. The first kappa shape index (κ1) is 8.56. The molecule has 0 saturated carbocycles. The van der Waals surface area contributed by atoms with Gasteiger partial charge in [0, 0.05) is 11.0 Å². The smallest absolute Gasteiger partial charge is 0.112 e. The van der Waals surface area contributed by atoms with E-state index < -0.39 is 0 Å². The maximum atomic E-state index is 5.13. The Morgan fingerprint density at radius 3 is 2.91 bits per heavy atom. The molecule has 1 aromatic heterocycles. The molecule has 0 bridgehead atoms. The second-order valence-electron chi connectivity index (χ2n) is 2.27. The van der Waals surface area contributed by atoms with Crippen LogP contribution in [0.4, 0.5) is 0 Å². The minimum Gasteiger partial charge on any atom is -0.112 e. The molecule has 0 spiro atoms. The van der Waals surface area contributed by atoms with Crippen molar-refractivity contribution in [3.8, 4) is 0 Å². The van der Waals surface area contributed by atoms with E-state index in [1.54, 1.807) is 22.7 Å².